The Morgan fingerprint density at radius 1 is 0.389 bits per heavy atom. The number of nitrogens with one attached hydrogen (secondary N) is 1. The summed E-state index contributed by atoms with van der Waals surface area (Å²) in [6.45, 7) is 1.58. The van der Waals surface area contributed by atoms with Gasteiger partial charge in [0.15, 0.2) is 18.9 Å². The molecule has 3 fully saturated rings. The van der Waals surface area contributed by atoms with E-state index in [-0.39, 0.29) is 18.9 Å². The van der Waals surface area contributed by atoms with E-state index < -0.39 is 124 Å². The van der Waals surface area contributed by atoms with E-state index in [0.717, 1.165) is 57.8 Å². The second kappa shape index (κ2) is 56.7. The molecule has 95 heavy (non-hydrogen) atoms. The summed E-state index contributed by atoms with van der Waals surface area (Å²) in [5, 5.41) is 121. The van der Waals surface area contributed by atoms with Crippen molar-refractivity contribution < 1.29 is 89.4 Å². The standard InChI is InChI=1S/C76H133NO18/c1-3-5-7-9-11-13-15-17-19-21-23-24-25-26-27-28-29-30-31-32-33-34-36-37-39-41-43-45-47-49-51-53-60(81)59(77-64(82)54-52-50-48-46-44-42-40-38-35-22-20-18-16-14-12-10-8-6-4-2)58-90-74-70(88)67(85)72(62(56-79)92-74)95-76-71(89)68(86)73(63(57-80)93-76)94-75-69(87)66(84)65(83)61(55-78)91-75/h6,8,12,14,18,20,35,38,42,44,48,50-51,53,59-63,65-76,78-81,83-89H,3-5,7,9-11,13,15-17,19,21-34,36-37,39-41,43,45-47,49,52,54-58H2,1-2H3,(H,77,82)/b8-6-,14-12-,20-18-,38-35-,44-42-,50-48-,53-51+. The molecule has 3 heterocycles. The first-order valence-electron chi connectivity index (χ1n) is 37.3. The van der Waals surface area contributed by atoms with Crippen LogP contribution in [0.15, 0.2) is 85.1 Å². The van der Waals surface area contributed by atoms with Gasteiger partial charge in [-0.05, 0) is 57.8 Å². The highest BCUT2D eigenvalue weighted by Gasteiger charge is 2.53. The number of aliphatic hydroxyl groups is 11. The van der Waals surface area contributed by atoms with Crippen LogP contribution in [0.25, 0.3) is 0 Å². The molecule has 1 amide bonds. The van der Waals surface area contributed by atoms with Gasteiger partial charge in [0.25, 0.3) is 0 Å². The third-order valence-corrected chi connectivity index (χ3v) is 18.2. The van der Waals surface area contributed by atoms with Crippen molar-refractivity contribution in [1.29, 1.82) is 0 Å². The number of carbonyl (C=O) groups excluding carboxylic acids is 1. The van der Waals surface area contributed by atoms with E-state index in [1.807, 2.05) is 18.2 Å². The molecule has 3 saturated heterocycles. The lowest BCUT2D eigenvalue weighted by molar-refractivity contribution is -0.379. The first-order chi connectivity index (χ1) is 46.3. The van der Waals surface area contributed by atoms with E-state index in [2.05, 4.69) is 79.9 Å². The van der Waals surface area contributed by atoms with Crippen LogP contribution in [0.4, 0.5) is 0 Å². The number of hydrogen-bond donors (Lipinski definition) is 12. The molecule has 0 aromatic carbocycles. The van der Waals surface area contributed by atoms with Crippen molar-refractivity contribution in [2.24, 2.45) is 0 Å². The van der Waals surface area contributed by atoms with Gasteiger partial charge in [-0.2, -0.15) is 0 Å². The third-order valence-electron chi connectivity index (χ3n) is 18.2. The molecule has 0 spiro atoms. The highest BCUT2D eigenvalue weighted by molar-refractivity contribution is 5.76. The van der Waals surface area contributed by atoms with Crippen molar-refractivity contribution in [3.63, 3.8) is 0 Å². The normalized spacial score (nSPS) is 27.7. The van der Waals surface area contributed by atoms with Crippen LogP contribution >= 0.6 is 0 Å². The fourth-order valence-electron chi connectivity index (χ4n) is 12.2. The first kappa shape index (κ1) is 86.2. The minimum Gasteiger partial charge on any atom is -0.394 e. The predicted octanol–water partition coefficient (Wildman–Crippen LogP) is 11.1. The number of carbonyl (C=O) groups is 1. The Kier molecular flexibility index (Phi) is 51.4. The van der Waals surface area contributed by atoms with Gasteiger partial charge in [0.1, 0.15) is 73.2 Å². The Bertz CT molecular complexity index is 2050. The Labute approximate surface area is 571 Å². The molecule has 3 aliphatic heterocycles. The molecule has 3 rings (SSSR count). The molecule has 12 N–H and O–H groups in total. The number of unbranched alkanes of at least 4 members (excludes halogenated alkanes) is 29. The monoisotopic (exact) mass is 1350 g/mol. The highest BCUT2D eigenvalue weighted by Crippen LogP contribution is 2.33. The van der Waals surface area contributed by atoms with Crippen LogP contribution in [-0.2, 0) is 33.2 Å². The summed E-state index contributed by atoms with van der Waals surface area (Å²) in [6, 6.07) is -1.02. The highest BCUT2D eigenvalue weighted by atomic mass is 16.8. The lowest BCUT2D eigenvalue weighted by atomic mass is 9.96. The molecule has 17 unspecified atom stereocenters. The van der Waals surface area contributed by atoms with Crippen molar-refractivity contribution >= 4 is 5.91 Å². The van der Waals surface area contributed by atoms with Gasteiger partial charge in [-0.15, -0.1) is 0 Å². The molecule has 0 aliphatic carbocycles. The van der Waals surface area contributed by atoms with Crippen LogP contribution in [-0.4, -0.2) is 193 Å². The van der Waals surface area contributed by atoms with Crippen molar-refractivity contribution in [2.75, 3.05) is 26.4 Å². The summed E-state index contributed by atoms with van der Waals surface area (Å²) in [7, 11) is 0. The molecule has 19 nitrogen and oxygen atoms in total. The lowest BCUT2D eigenvalue weighted by Crippen LogP contribution is -2.66. The molecular weight excluding hydrogens is 1210 g/mol. The van der Waals surface area contributed by atoms with Crippen LogP contribution in [0.1, 0.15) is 258 Å². The van der Waals surface area contributed by atoms with Crippen LogP contribution in [0.5, 0.6) is 0 Å². The van der Waals surface area contributed by atoms with E-state index in [1.54, 1.807) is 6.08 Å². The summed E-state index contributed by atoms with van der Waals surface area (Å²) in [5.41, 5.74) is 0. The second-order valence-corrected chi connectivity index (χ2v) is 26.4. The molecule has 0 aromatic rings. The molecule has 17 atom stereocenters. The predicted molar refractivity (Wildman–Crippen MR) is 374 cm³/mol. The molecular formula is C76H133NO18. The van der Waals surface area contributed by atoms with E-state index >= 15 is 0 Å². The number of hydrogen-bond acceptors (Lipinski definition) is 18. The summed E-state index contributed by atoms with van der Waals surface area (Å²) in [6.07, 6.45) is 47.3. The van der Waals surface area contributed by atoms with E-state index in [9.17, 15) is 61.0 Å². The lowest BCUT2D eigenvalue weighted by Gasteiger charge is -2.48. The minimum atomic E-state index is -1.99. The molecule has 3 aliphatic rings. The number of allylic oxidation sites excluding steroid dienone is 13. The summed E-state index contributed by atoms with van der Waals surface area (Å²) < 4.78 is 34.3. The number of aliphatic hydroxyl groups excluding tert-OH is 11. The largest absolute Gasteiger partial charge is 0.394 e. The molecule has 19 heteroatoms. The van der Waals surface area contributed by atoms with Gasteiger partial charge in [-0.3, -0.25) is 4.79 Å². The van der Waals surface area contributed by atoms with Crippen LogP contribution < -0.4 is 5.32 Å². The number of ether oxygens (including phenoxy) is 6. The summed E-state index contributed by atoms with van der Waals surface area (Å²) in [5.74, 6) is -0.358. The van der Waals surface area contributed by atoms with E-state index in [0.29, 0.717) is 12.8 Å². The summed E-state index contributed by atoms with van der Waals surface area (Å²) >= 11 is 0. The van der Waals surface area contributed by atoms with Crippen molar-refractivity contribution in [2.45, 2.75) is 362 Å². The van der Waals surface area contributed by atoms with Gasteiger partial charge >= 0.3 is 0 Å². The van der Waals surface area contributed by atoms with Crippen LogP contribution in [0, 0.1) is 0 Å². The summed E-state index contributed by atoms with van der Waals surface area (Å²) in [4.78, 5) is 13.4. The first-order valence-corrected chi connectivity index (χ1v) is 37.3. The zero-order valence-electron chi connectivity index (χ0n) is 58.4. The average Bonchev–Trinajstić information content (AvgIpc) is 0.787. The van der Waals surface area contributed by atoms with Gasteiger partial charge in [-0.1, -0.05) is 279 Å². The van der Waals surface area contributed by atoms with Gasteiger partial charge in [0, 0.05) is 6.42 Å². The van der Waals surface area contributed by atoms with Crippen LogP contribution in [0.3, 0.4) is 0 Å². The fraction of sp³-hybridized carbons (Fsp3) is 0.803. The molecule has 0 saturated carbocycles. The zero-order valence-corrected chi connectivity index (χ0v) is 58.4. The van der Waals surface area contributed by atoms with Gasteiger partial charge in [0.2, 0.25) is 5.91 Å². The molecule has 0 aromatic heterocycles. The number of rotatable bonds is 57. The van der Waals surface area contributed by atoms with Crippen molar-refractivity contribution in [1.82, 2.24) is 5.32 Å². The topological polar surface area (TPSA) is 307 Å². The Morgan fingerprint density at radius 2 is 0.726 bits per heavy atom. The zero-order chi connectivity index (χ0) is 68.9. The van der Waals surface area contributed by atoms with E-state index in [4.69, 9.17) is 28.4 Å². The maximum absolute atomic E-state index is 13.4. The van der Waals surface area contributed by atoms with Gasteiger partial charge in [0.05, 0.1) is 38.6 Å². The fourth-order valence-corrected chi connectivity index (χ4v) is 12.2. The van der Waals surface area contributed by atoms with Crippen molar-refractivity contribution in [3.8, 4) is 0 Å². The van der Waals surface area contributed by atoms with Crippen LogP contribution in [0.2, 0.25) is 0 Å². The maximum Gasteiger partial charge on any atom is 0.220 e. The smallest absolute Gasteiger partial charge is 0.220 e. The average molecular weight is 1350 g/mol. The molecule has 0 bridgehead atoms. The molecule has 550 valence electrons. The quantitative estimate of drug-likeness (QED) is 0.0199. The Hall–Kier alpha value is -3.03. The van der Waals surface area contributed by atoms with E-state index in [1.165, 1.54) is 167 Å². The Morgan fingerprint density at radius 3 is 1.12 bits per heavy atom. The second-order valence-electron chi connectivity index (χ2n) is 26.4. The van der Waals surface area contributed by atoms with Gasteiger partial charge < -0.3 is 89.9 Å². The minimum absolute atomic E-state index is 0.114. The Balaban J connectivity index is 1.41. The maximum atomic E-state index is 13.4. The molecule has 0 radical (unpaired) electrons. The van der Waals surface area contributed by atoms with Gasteiger partial charge in [-0.25, -0.2) is 0 Å². The third kappa shape index (κ3) is 37.8. The number of amides is 1. The SMILES string of the molecule is CC/C=C\C/C=C\C/C=C\C/C=C\C/C=C\C/C=C\CCC(=O)NC(COC1OC(CO)C(OC2OC(CO)C(OC3OC(CO)C(O)C(O)C3O)C(O)C2O)C(O)C1O)C(O)/C=C/CCCCCCCCCCCCCCCCCCCCCCCCCCCCCCC. The van der Waals surface area contributed by atoms with Crippen molar-refractivity contribution in [3.05, 3.63) is 85.1 Å².